The van der Waals surface area contributed by atoms with Gasteiger partial charge in [-0.1, -0.05) is 18.2 Å². The average molecular weight is 474 g/mol. The maximum Gasteiger partial charge on any atom is 0.265 e. The Bertz CT molecular complexity index is 1930. The van der Waals surface area contributed by atoms with E-state index >= 15 is 0 Å². The van der Waals surface area contributed by atoms with Crippen LogP contribution >= 0.6 is 11.3 Å². The van der Waals surface area contributed by atoms with Gasteiger partial charge in [-0.15, -0.1) is 11.3 Å². The third-order valence-electron chi connectivity index (χ3n) is 6.17. The molecule has 0 saturated heterocycles. The summed E-state index contributed by atoms with van der Waals surface area (Å²) < 4.78 is 2.68. The zero-order valence-corrected chi connectivity index (χ0v) is 19.9. The van der Waals surface area contributed by atoms with Crippen LogP contribution in [-0.4, -0.2) is 14.4 Å². The van der Waals surface area contributed by atoms with E-state index in [1.54, 1.807) is 24.5 Å². The van der Waals surface area contributed by atoms with E-state index in [0.717, 1.165) is 26.5 Å². The summed E-state index contributed by atoms with van der Waals surface area (Å²) in [6.45, 7) is 3.85. The zero-order valence-electron chi connectivity index (χ0n) is 19.0. The van der Waals surface area contributed by atoms with Crippen LogP contribution in [0.15, 0.2) is 71.5 Å². The van der Waals surface area contributed by atoms with Gasteiger partial charge in [0.05, 0.1) is 32.0 Å². The first-order valence-electron chi connectivity index (χ1n) is 11.1. The van der Waals surface area contributed by atoms with Crippen molar-refractivity contribution in [1.82, 2.24) is 14.4 Å². The van der Waals surface area contributed by atoms with Gasteiger partial charge < -0.3 is 5.32 Å². The molecule has 0 aliphatic rings. The summed E-state index contributed by atoms with van der Waals surface area (Å²) in [7, 11) is 0. The van der Waals surface area contributed by atoms with Gasteiger partial charge in [0.15, 0.2) is 5.65 Å². The lowest BCUT2D eigenvalue weighted by Crippen LogP contribution is -2.34. The molecule has 3 heterocycles. The lowest BCUT2D eigenvalue weighted by molar-refractivity contribution is 1.10. The maximum atomic E-state index is 13.4. The van der Waals surface area contributed by atoms with Gasteiger partial charge in [-0.25, -0.2) is 9.97 Å². The van der Waals surface area contributed by atoms with E-state index in [1.807, 2.05) is 48.5 Å². The Morgan fingerprint density at radius 1 is 1.00 bits per heavy atom. The van der Waals surface area contributed by atoms with Crippen LogP contribution in [0.3, 0.4) is 0 Å². The van der Waals surface area contributed by atoms with Crippen molar-refractivity contribution in [3.63, 3.8) is 0 Å². The van der Waals surface area contributed by atoms with E-state index in [0.29, 0.717) is 33.0 Å². The first-order valence-corrected chi connectivity index (χ1v) is 11.9. The zero-order chi connectivity index (χ0) is 24.1. The van der Waals surface area contributed by atoms with Gasteiger partial charge in [0.2, 0.25) is 0 Å². The molecule has 0 bridgehead atoms. The van der Waals surface area contributed by atoms with Gasteiger partial charge in [-0.3, -0.25) is 9.20 Å². The fourth-order valence-electron chi connectivity index (χ4n) is 4.31. The molecule has 0 radical (unpaired) electrons. The van der Waals surface area contributed by atoms with E-state index in [4.69, 9.17) is 4.98 Å². The first-order chi connectivity index (χ1) is 17.0. The van der Waals surface area contributed by atoms with Crippen LogP contribution in [-0.2, 0) is 0 Å². The molecule has 1 N–H and O–H groups in total. The molecule has 0 saturated carbocycles. The highest BCUT2D eigenvalue weighted by molar-refractivity contribution is 7.21. The molecule has 0 aliphatic carbocycles. The minimum atomic E-state index is -0.209. The number of hydrogen-bond acceptors (Lipinski definition) is 6. The number of fused-ring (bicyclic) bond motifs is 4. The predicted molar refractivity (Wildman–Crippen MR) is 142 cm³/mol. The van der Waals surface area contributed by atoms with Gasteiger partial charge in [0.25, 0.3) is 5.56 Å². The van der Waals surface area contributed by atoms with Gasteiger partial charge in [0, 0.05) is 17.5 Å². The minimum Gasteiger partial charge on any atom is -0.361 e. The van der Waals surface area contributed by atoms with Crippen LogP contribution in [0.25, 0.3) is 43.7 Å². The van der Waals surface area contributed by atoms with Crippen molar-refractivity contribution in [2.75, 3.05) is 5.32 Å². The van der Waals surface area contributed by atoms with Crippen molar-refractivity contribution < 1.29 is 0 Å². The smallest absolute Gasteiger partial charge is 0.265 e. The number of thiazole rings is 1. The van der Waals surface area contributed by atoms with Crippen molar-refractivity contribution >= 4 is 50.1 Å². The van der Waals surface area contributed by atoms with Crippen molar-refractivity contribution in [3.8, 4) is 16.6 Å². The number of anilines is 1. The Kier molecular flexibility index (Phi) is 4.83. The fraction of sp³-hybridized carbons (Fsp3) is 0.0714. The second-order valence-electron chi connectivity index (χ2n) is 8.45. The Hall–Kier alpha value is -4.54. The van der Waals surface area contributed by atoms with E-state index in [9.17, 15) is 10.1 Å². The normalized spacial score (nSPS) is 12.0. The molecule has 0 atom stereocenters. The summed E-state index contributed by atoms with van der Waals surface area (Å²) in [4.78, 5) is 22.7. The highest BCUT2D eigenvalue weighted by Gasteiger charge is 2.16. The molecule has 6 aromatic rings. The van der Waals surface area contributed by atoms with Crippen LogP contribution in [0, 0.1) is 25.2 Å². The highest BCUT2D eigenvalue weighted by Crippen LogP contribution is 2.31. The minimum absolute atomic E-state index is 0.209. The van der Waals surface area contributed by atoms with E-state index in [1.165, 1.54) is 9.96 Å². The Morgan fingerprint density at radius 3 is 2.60 bits per heavy atom. The van der Waals surface area contributed by atoms with E-state index in [2.05, 4.69) is 41.5 Å². The highest BCUT2D eigenvalue weighted by atomic mass is 32.1. The lowest BCUT2D eigenvalue weighted by Gasteiger charge is -2.05. The standard InChI is InChI=1S/C28H19N5OS/c1-16-7-12-25-23(13-16)32-27(35-25)18-8-10-19(11-9-18)30-15-21-17(2)20(14-29)26-31-22-5-3-4-6-24(22)33(26)28(21)34/h3-13,15,30H,1-2H3/b21-15-. The van der Waals surface area contributed by atoms with Crippen molar-refractivity contribution in [2.45, 2.75) is 13.8 Å². The molecule has 0 aliphatic heterocycles. The summed E-state index contributed by atoms with van der Waals surface area (Å²) in [6, 6.07) is 23.9. The molecular formula is C28H19N5OS. The number of para-hydroxylation sites is 2. The predicted octanol–water partition coefficient (Wildman–Crippen LogP) is 5.18. The fourth-order valence-corrected chi connectivity index (χ4v) is 5.26. The maximum absolute atomic E-state index is 13.4. The quantitative estimate of drug-likeness (QED) is 0.383. The second kappa shape index (κ2) is 8.05. The monoisotopic (exact) mass is 473 g/mol. The molecule has 0 unspecified atom stereocenters. The lowest BCUT2D eigenvalue weighted by atomic mass is 10.1. The van der Waals surface area contributed by atoms with Gasteiger partial charge in [-0.05, 0) is 73.5 Å². The number of benzene rings is 3. The van der Waals surface area contributed by atoms with Crippen LogP contribution in [0.4, 0.5) is 5.69 Å². The topological polar surface area (TPSA) is 83.1 Å². The summed E-state index contributed by atoms with van der Waals surface area (Å²) in [5.74, 6) is 0. The molecule has 6 nitrogen and oxygen atoms in total. The number of aromatic nitrogens is 3. The number of nitrogens with zero attached hydrogens (tertiary/aromatic N) is 4. The third kappa shape index (κ3) is 3.43. The van der Waals surface area contributed by atoms with Crippen molar-refractivity contribution in [2.24, 2.45) is 0 Å². The van der Waals surface area contributed by atoms with Crippen molar-refractivity contribution in [3.05, 3.63) is 99.0 Å². The van der Waals surface area contributed by atoms with Crippen LogP contribution in [0.1, 0.15) is 16.7 Å². The Labute approximate surface area is 204 Å². The number of imidazole rings is 1. The summed E-state index contributed by atoms with van der Waals surface area (Å²) >= 11 is 1.67. The van der Waals surface area contributed by atoms with Crippen LogP contribution in [0.2, 0.25) is 0 Å². The summed E-state index contributed by atoms with van der Waals surface area (Å²) in [5, 5.41) is 14.4. The SMILES string of the molecule is Cc1ccc2sc(-c3ccc(N/C=c4/c(C)c(C#N)c5nc6ccccc6n5c4=O)cc3)nc2c1. The summed E-state index contributed by atoms with van der Waals surface area (Å²) in [6.07, 6.45) is 1.67. The number of hydrogen-bond donors (Lipinski definition) is 1. The van der Waals surface area contributed by atoms with Gasteiger partial charge in [-0.2, -0.15) is 5.26 Å². The Morgan fingerprint density at radius 2 is 1.80 bits per heavy atom. The first kappa shape index (κ1) is 21.0. The molecule has 35 heavy (non-hydrogen) atoms. The molecule has 0 spiro atoms. The van der Waals surface area contributed by atoms with E-state index < -0.39 is 0 Å². The number of pyridine rings is 1. The Balaban J connectivity index is 1.39. The molecule has 168 valence electrons. The third-order valence-corrected chi connectivity index (χ3v) is 7.25. The van der Waals surface area contributed by atoms with E-state index in [-0.39, 0.29) is 5.56 Å². The molecule has 3 aromatic carbocycles. The average Bonchev–Trinajstić information content (AvgIpc) is 3.46. The van der Waals surface area contributed by atoms with Crippen LogP contribution < -0.4 is 16.1 Å². The van der Waals surface area contributed by atoms with Gasteiger partial charge in [0.1, 0.15) is 11.1 Å². The van der Waals surface area contributed by atoms with Crippen LogP contribution in [0.5, 0.6) is 0 Å². The molecule has 0 amide bonds. The summed E-state index contributed by atoms with van der Waals surface area (Å²) in [5.41, 5.74) is 6.63. The number of aryl methyl sites for hydroxylation is 1. The molecule has 6 rings (SSSR count). The molecule has 7 heteroatoms. The largest absolute Gasteiger partial charge is 0.361 e. The van der Waals surface area contributed by atoms with Crippen molar-refractivity contribution in [1.29, 1.82) is 5.26 Å². The molecular weight excluding hydrogens is 454 g/mol. The number of rotatable bonds is 3. The molecule has 3 aromatic heterocycles. The van der Waals surface area contributed by atoms with Gasteiger partial charge >= 0.3 is 0 Å². The second-order valence-corrected chi connectivity index (χ2v) is 9.48. The number of nitriles is 1. The molecule has 0 fully saturated rings. The number of nitrogens with one attached hydrogen (secondary N) is 1.